The van der Waals surface area contributed by atoms with Crippen LogP contribution in [0.2, 0.25) is 5.02 Å². The minimum absolute atomic E-state index is 0.281. The molecule has 0 atom stereocenters. The Morgan fingerprint density at radius 3 is 2.32 bits per heavy atom. The Bertz CT molecular complexity index is 623. The van der Waals surface area contributed by atoms with Gasteiger partial charge < -0.3 is 11.1 Å². The molecule has 1 amide bonds. The zero-order valence-corrected chi connectivity index (χ0v) is 13.5. The fourth-order valence-electron chi connectivity index (χ4n) is 1.54. The summed E-state index contributed by atoms with van der Waals surface area (Å²) in [5.41, 5.74) is 7.32. The summed E-state index contributed by atoms with van der Waals surface area (Å²) in [5, 5.41) is 3.20. The van der Waals surface area contributed by atoms with Gasteiger partial charge in [-0.15, -0.1) is 0 Å². The number of benzene rings is 2. The predicted molar refractivity (Wildman–Crippen MR) is 85.7 cm³/mol. The first-order chi connectivity index (χ1) is 8.99. The Morgan fingerprint density at radius 1 is 1.16 bits per heavy atom. The highest BCUT2D eigenvalue weighted by atomic mass is 79.9. The van der Waals surface area contributed by atoms with E-state index in [1.165, 1.54) is 0 Å². The number of hydrogen-bond donors (Lipinski definition) is 2. The molecule has 3 N–H and O–H groups in total. The van der Waals surface area contributed by atoms with Crippen molar-refractivity contribution in [2.75, 3.05) is 11.1 Å². The maximum atomic E-state index is 12.2. The van der Waals surface area contributed by atoms with Crippen molar-refractivity contribution in [1.29, 1.82) is 0 Å². The van der Waals surface area contributed by atoms with Crippen LogP contribution in [0.25, 0.3) is 0 Å². The van der Waals surface area contributed by atoms with E-state index in [4.69, 9.17) is 17.3 Å². The van der Waals surface area contributed by atoms with Crippen LogP contribution in [0.1, 0.15) is 10.4 Å². The van der Waals surface area contributed by atoms with Crippen molar-refractivity contribution >= 4 is 60.7 Å². The molecule has 0 heterocycles. The smallest absolute Gasteiger partial charge is 0.257 e. The van der Waals surface area contributed by atoms with Gasteiger partial charge in [0.1, 0.15) is 0 Å². The van der Waals surface area contributed by atoms with Gasteiger partial charge in [0, 0.05) is 14.6 Å². The maximum Gasteiger partial charge on any atom is 0.257 e. The number of nitrogens with two attached hydrogens (primary N) is 1. The van der Waals surface area contributed by atoms with Crippen molar-refractivity contribution in [2.24, 2.45) is 0 Å². The molecule has 0 bridgehead atoms. The third-order valence-electron chi connectivity index (χ3n) is 2.42. The molecule has 98 valence electrons. The number of nitrogens with one attached hydrogen (secondary N) is 1. The summed E-state index contributed by atoms with van der Waals surface area (Å²) in [6.45, 7) is 0. The molecule has 0 aliphatic rings. The van der Waals surface area contributed by atoms with E-state index in [9.17, 15) is 4.79 Å². The first-order valence-corrected chi connectivity index (χ1v) is 7.26. The van der Waals surface area contributed by atoms with Gasteiger partial charge in [-0.3, -0.25) is 4.79 Å². The zero-order chi connectivity index (χ0) is 14.0. The average molecular weight is 404 g/mol. The summed E-state index contributed by atoms with van der Waals surface area (Å²) in [6, 6.07) is 10.3. The van der Waals surface area contributed by atoms with Crippen LogP contribution < -0.4 is 11.1 Å². The predicted octanol–water partition coefficient (Wildman–Crippen LogP) is 4.70. The monoisotopic (exact) mass is 402 g/mol. The second-order valence-electron chi connectivity index (χ2n) is 3.79. The molecule has 0 unspecified atom stereocenters. The Balaban J connectivity index is 2.32. The summed E-state index contributed by atoms with van der Waals surface area (Å²) in [4.78, 5) is 12.2. The van der Waals surface area contributed by atoms with E-state index in [1.807, 2.05) is 0 Å². The second kappa shape index (κ2) is 5.94. The van der Waals surface area contributed by atoms with Crippen LogP contribution in [0.5, 0.6) is 0 Å². The van der Waals surface area contributed by atoms with Crippen molar-refractivity contribution in [3.8, 4) is 0 Å². The first-order valence-electron chi connectivity index (χ1n) is 5.29. The van der Waals surface area contributed by atoms with Gasteiger partial charge in [0.2, 0.25) is 0 Å². The van der Waals surface area contributed by atoms with Crippen molar-refractivity contribution in [3.05, 3.63) is 55.9 Å². The molecule has 0 fully saturated rings. The SMILES string of the molecule is Nc1cc(Br)c(NC(=O)c2ccccc2Cl)c(Br)c1. The van der Waals surface area contributed by atoms with Crippen LogP contribution in [0.15, 0.2) is 45.3 Å². The lowest BCUT2D eigenvalue weighted by Gasteiger charge is -2.11. The van der Waals surface area contributed by atoms with E-state index < -0.39 is 0 Å². The molecule has 2 rings (SSSR count). The summed E-state index contributed by atoms with van der Waals surface area (Å²) in [5.74, 6) is -0.281. The summed E-state index contributed by atoms with van der Waals surface area (Å²) in [6.07, 6.45) is 0. The molecule has 0 saturated carbocycles. The summed E-state index contributed by atoms with van der Waals surface area (Å²) >= 11 is 12.7. The highest BCUT2D eigenvalue weighted by Crippen LogP contribution is 2.34. The molecule has 0 aliphatic carbocycles. The molecule has 2 aromatic rings. The van der Waals surface area contributed by atoms with E-state index in [2.05, 4.69) is 37.2 Å². The number of carbonyl (C=O) groups excluding carboxylic acids is 1. The van der Waals surface area contributed by atoms with Gasteiger partial charge in [0.25, 0.3) is 5.91 Å². The highest BCUT2D eigenvalue weighted by Gasteiger charge is 2.14. The fraction of sp³-hybridized carbons (Fsp3) is 0. The molecule has 6 heteroatoms. The van der Waals surface area contributed by atoms with E-state index >= 15 is 0 Å². The molecule has 0 spiro atoms. The minimum atomic E-state index is -0.281. The van der Waals surface area contributed by atoms with Crippen molar-refractivity contribution in [2.45, 2.75) is 0 Å². The molecule has 0 radical (unpaired) electrons. The van der Waals surface area contributed by atoms with Gasteiger partial charge in [-0.2, -0.15) is 0 Å². The van der Waals surface area contributed by atoms with Crippen LogP contribution >= 0.6 is 43.5 Å². The van der Waals surface area contributed by atoms with Crippen LogP contribution in [0.4, 0.5) is 11.4 Å². The van der Waals surface area contributed by atoms with Crippen molar-refractivity contribution in [3.63, 3.8) is 0 Å². The first kappa shape index (κ1) is 14.4. The number of nitrogen functional groups attached to an aromatic ring is 1. The van der Waals surface area contributed by atoms with Crippen LogP contribution in [0.3, 0.4) is 0 Å². The van der Waals surface area contributed by atoms with Gasteiger partial charge in [-0.25, -0.2) is 0 Å². The van der Waals surface area contributed by atoms with Gasteiger partial charge in [-0.05, 0) is 56.1 Å². The number of amides is 1. The summed E-state index contributed by atoms with van der Waals surface area (Å²) < 4.78 is 1.39. The maximum absolute atomic E-state index is 12.2. The third-order valence-corrected chi connectivity index (χ3v) is 4.00. The highest BCUT2D eigenvalue weighted by molar-refractivity contribution is 9.11. The minimum Gasteiger partial charge on any atom is -0.399 e. The lowest BCUT2D eigenvalue weighted by atomic mass is 10.2. The lowest BCUT2D eigenvalue weighted by molar-refractivity contribution is 0.102. The average Bonchev–Trinajstić information content (AvgIpc) is 2.34. The summed E-state index contributed by atoms with van der Waals surface area (Å²) in [7, 11) is 0. The van der Waals surface area contributed by atoms with E-state index in [-0.39, 0.29) is 5.91 Å². The molecule has 3 nitrogen and oxygen atoms in total. The number of anilines is 2. The van der Waals surface area contributed by atoms with Crippen molar-refractivity contribution < 1.29 is 4.79 Å². The van der Waals surface area contributed by atoms with Crippen LogP contribution in [-0.4, -0.2) is 5.91 Å². The van der Waals surface area contributed by atoms with Gasteiger partial charge in [0.15, 0.2) is 0 Å². The number of carbonyl (C=O) groups is 1. The Morgan fingerprint density at radius 2 is 1.74 bits per heavy atom. The van der Waals surface area contributed by atoms with Crippen molar-refractivity contribution in [1.82, 2.24) is 0 Å². The topological polar surface area (TPSA) is 55.1 Å². The largest absolute Gasteiger partial charge is 0.399 e. The Labute approximate surface area is 132 Å². The number of rotatable bonds is 2. The molecule has 2 aromatic carbocycles. The zero-order valence-electron chi connectivity index (χ0n) is 9.58. The lowest BCUT2D eigenvalue weighted by Crippen LogP contribution is -2.13. The van der Waals surface area contributed by atoms with E-state index in [0.29, 0.717) is 30.9 Å². The molecule has 0 aliphatic heterocycles. The molecular formula is C13H9Br2ClN2O. The van der Waals surface area contributed by atoms with Gasteiger partial charge in [0.05, 0.1) is 16.3 Å². The van der Waals surface area contributed by atoms with Gasteiger partial charge in [-0.1, -0.05) is 23.7 Å². The standard InChI is InChI=1S/C13H9Br2ClN2O/c14-9-5-7(17)6-10(15)12(9)18-13(19)8-3-1-2-4-11(8)16/h1-6H,17H2,(H,18,19). The van der Waals surface area contributed by atoms with Gasteiger partial charge >= 0.3 is 0 Å². The number of halogens is 3. The normalized spacial score (nSPS) is 10.3. The number of hydrogen-bond acceptors (Lipinski definition) is 2. The molecule has 19 heavy (non-hydrogen) atoms. The second-order valence-corrected chi connectivity index (χ2v) is 5.91. The Kier molecular flexibility index (Phi) is 4.50. The van der Waals surface area contributed by atoms with Crippen LogP contribution in [-0.2, 0) is 0 Å². The fourth-order valence-corrected chi connectivity index (χ4v) is 3.18. The van der Waals surface area contributed by atoms with E-state index in [1.54, 1.807) is 36.4 Å². The quantitative estimate of drug-likeness (QED) is 0.713. The molecule has 0 aromatic heterocycles. The molecule has 0 saturated heterocycles. The van der Waals surface area contributed by atoms with Crippen LogP contribution in [0, 0.1) is 0 Å². The van der Waals surface area contributed by atoms with E-state index in [0.717, 1.165) is 0 Å². The third kappa shape index (κ3) is 3.29. The Hall–Kier alpha value is -1.04. The molecular weight excluding hydrogens is 395 g/mol.